The zero-order chi connectivity index (χ0) is 24.8. The molecule has 0 radical (unpaired) electrons. The van der Waals surface area contributed by atoms with Gasteiger partial charge in [0.05, 0.1) is 27.2 Å². The van der Waals surface area contributed by atoms with Gasteiger partial charge in [0.25, 0.3) is 5.91 Å². The number of thiazole rings is 1. The van der Waals surface area contributed by atoms with E-state index < -0.39 is 35.9 Å². The highest BCUT2D eigenvalue weighted by molar-refractivity contribution is 7.22. The molecule has 0 bridgehead atoms. The van der Waals surface area contributed by atoms with Crippen molar-refractivity contribution in [2.75, 3.05) is 29.7 Å². The molecule has 10 nitrogen and oxygen atoms in total. The molecule has 1 aromatic heterocycles. The number of carboxylic acids is 1. The number of primary amides is 1. The lowest BCUT2D eigenvalue weighted by Gasteiger charge is -2.41. The molecule has 5 N–H and O–H groups in total. The van der Waals surface area contributed by atoms with E-state index in [1.165, 1.54) is 31.4 Å². The van der Waals surface area contributed by atoms with Crippen LogP contribution < -0.4 is 26.0 Å². The van der Waals surface area contributed by atoms with Gasteiger partial charge in [0.1, 0.15) is 5.75 Å². The summed E-state index contributed by atoms with van der Waals surface area (Å²) >= 11 is 1.01. The minimum absolute atomic E-state index is 0.0145. The van der Waals surface area contributed by atoms with Crippen molar-refractivity contribution in [1.29, 1.82) is 0 Å². The monoisotopic (exact) mass is 497 g/mol. The summed E-state index contributed by atoms with van der Waals surface area (Å²) in [5.41, 5.74) is 6.92. The molecule has 180 valence electrons. The quantitative estimate of drug-likeness (QED) is 0.388. The maximum atomic E-state index is 12.6. The number of hydrogen-bond acceptors (Lipinski definition) is 9. The van der Waals surface area contributed by atoms with E-state index in [4.69, 9.17) is 10.5 Å². The number of rotatable bonds is 7. The number of benzene rings is 2. The highest BCUT2D eigenvalue weighted by Gasteiger charge is 2.52. The van der Waals surface area contributed by atoms with Gasteiger partial charge < -0.3 is 35.8 Å². The fourth-order valence-corrected chi connectivity index (χ4v) is 4.73. The van der Waals surface area contributed by atoms with Crippen LogP contribution in [0.3, 0.4) is 0 Å². The number of aromatic nitrogens is 1. The molecule has 0 saturated carbocycles. The summed E-state index contributed by atoms with van der Waals surface area (Å²) < 4.78 is 47.4. The second kappa shape index (κ2) is 8.22. The number of nitrogens with zero attached hydrogens (tertiary/aromatic N) is 2. The Morgan fingerprint density at radius 3 is 2.65 bits per heavy atom. The Morgan fingerprint density at radius 1 is 1.29 bits per heavy atom. The average Bonchev–Trinajstić information content (AvgIpc) is 3.24. The van der Waals surface area contributed by atoms with E-state index in [2.05, 4.69) is 20.4 Å². The van der Waals surface area contributed by atoms with Crippen LogP contribution in [0.5, 0.6) is 5.75 Å². The number of fused-ring (bicyclic) bond motifs is 2. The molecular formula is C20H18F3N5O5S. The molecule has 2 heterocycles. The second-order valence-corrected chi connectivity index (χ2v) is 8.36. The van der Waals surface area contributed by atoms with Gasteiger partial charge in [-0.25, -0.2) is 9.78 Å². The van der Waals surface area contributed by atoms with Crippen molar-refractivity contribution in [3.8, 4) is 5.75 Å². The summed E-state index contributed by atoms with van der Waals surface area (Å²) in [5.74, 6) is -3.90. The van der Waals surface area contributed by atoms with Gasteiger partial charge >= 0.3 is 12.3 Å². The van der Waals surface area contributed by atoms with Crippen molar-refractivity contribution in [2.45, 2.75) is 18.3 Å². The zero-order valence-corrected chi connectivity index (χ0v) is 18.5. The van der Waals surface area contributed by atoms with Crippen molar-refractivity contribution in [1.82, 2.24) is 4.98 Å². The molecule has 2 aromatic carbocycles. The molecule has 0 saturated heterocycles. The number of anilines is 3. The molecule has 0 spiro atoms. The third kappa shape index (κ3) is 4.12. The molecule has 1 amide bonds. The summed E-state index contributed by atoms with van der Waals surface area (Å²) in [6.07, 6.45) is -6.14. The Kier molecular flexibility index (Phi) is 5.65. The lowest BCUT2D eigenvalue weighted by molar-refractivity contribution is -0.274. The molecule has 4 rings (SSSR count). The van der Waals surface area contributed by atoms with E-state index in [1.807, 2.05) is 0 Å². The van der Waals surface area contributed by atoms with E-state index >= 15 is 0 Å². The van der Waals surface area contributed by atoms with Gasteiger partial charge in [-0.3, -0.25) is 4.79 Å². The molecule has 14 heteroatoms. The van der Waals surface area contributed by atoms with Crippen LogP contribution in [0.15, 0.2) is 36.4 Å². The van der Waals surface area contributed by atoms with Gasteiger partial charge in [-0.2, -0.15) is 0 Å². The normalized spacial score (nSPS) is 18.3. The second-order valence-electron chi connectivity index (χ2n) is 7.33. The number of likely N-dealkylation sites (N-methyl/N-ethyl adjacent to an activating group) is 1. The summed E-state index contributed by atoms with van der Waals surface area (Å²) in [6.45, 7) is 0. The molecular weight excluding hydrogens is 479 g/mol. The summed E-state index contributed by atoms with van der Waals surface area (Å²) in [7, 11) is 2.91. The number of amides is 1. The number of aromatic carboxylic acids is 1. The van der Waals surface area contributed by atoms with Crippen LogP contribution in [0.2, 0.25) is 0 Å². The van der Waals surface area contributed by atoms with Crippen LogP contribution in [0.25, 0.3) is 10.2 Å². The number of methoxy groups -OCH3 is 1. The molecule has 2 atom stereocenters. The summed E-state index contributed by atoms with van der Waals surface area (Å²) in [6, 6.07) is 8.06. The lowest BCUT2D eigenvalue weighted by Crippen LogP contribution is -2.67. The van der Waals surface area contributed by atoms with Crippen LogP contribution in [-0.4, -0.2) is 54.4 Å². The fraction of sp³-hybridized carbons (Fsp3) is 0.250. The molecule has 1 aliphatic rings. The molecule has 34 heavy (non-hydrogen) atoms. The van der Waals surface area contributed by atoms with Crippen molar-refractivity contribution in [3.63, 3.8) is 0 Å². The predicted octanol–water partition coefficient (Wildman–Crippen LogP) is 3.02. The Balaban J connectivity index is 1.75. The number of carboxylic acid groups (broad SMARTS) is 1. The molecule has 0 fully saturated rings. The van der Waals surface area contributed by atoms with E-state index in [0.29, 0.717) is 21.6 Å². The van der Waals surface area contributed by atoms with Crippen molar-refractivity contribution in [3.05, 3.63) is 42.0 Å². The number of carbonyl (C=O) groups excluding carboxylic acids is 1. The third-order valence-corrected chi connectivity index (χ3v) is 6.16. The number of nitrogens with two attached hydrogens (primary N) is 1. The maximum absolute atomic E-state index is 12.6. The van der Waals surface area contributed by atoms with Gasteiger partial charge in [0, 0.05) is 20.2 Å². The zero-order valence-electron chi connectivity index (χ0n) is 17.6. The van der Waals surface area contributed by atoms with Crippen molar-refractivity contribution < 1.29 is 37.3 Å². The van der Waals surface area contributed by atoms with Crippen LogP contribution in [-0.2, 0) is 9.53 Å². The minimum Gasteiger partial charge on any atom is -0.478 e. The first-order chi connectivity index (χ1) is 15.9. The van der Waals surface area contributed by atoms with Crippen molar-refractivity contribution >= 4 is 49.9 Å². The topological polar surface area (TPSA) is 139 Å². The first kappa shape index (κ1) is 23.4. The largest absolute Gasteiger partial charge is 0.573 e. The van der Waals surface area contributed by atoms with Gasteiger partial charge in [-0.05, 0) is 30.3 Å². The number of ether oxygens (including phenoxy) is 2. The third-order valence-electron chi connectivity index (χ3n) is 5.22. The van der Waals surface area contributed by atoms with Gasteiger partial charge in [0.2, 0.25) is 5.79 Å². The highest BCUT2D eigenvalue weighted by atomic mass is 32.1. The Labute approximate surface area is 194 Å². The molecule has 3 aromatic rings. The van der Waals surface area contributed by atoms with E-state index in [9.17, 15) is 27.9 Å². The number of halogens is 3. The van der Waals surface area contributed by atoms with Crippen LogP contribution in [0, 0.1) is 0 Å². The van der Waals surface area contributed by atoms with Crippen molar-refractivity contribution in [2.24, 2.45) is 5.73 Å². The number of carbonyl (C=O) groups is 2. The molecule has 1 aliphatic heterocycles. The standard InChI is InChI=1S/C20H18F3N5O5S/c1-28-13-6-3-9(17(30)31)7-12(13)26-19(28,15(32-2)16(24)29)27-18-25-11-5-4-10(8-14(11)34-18)33-20(21,22)23/h3-8,15,26H,1-2H3,(H2,24,29)(H,25,27)(H,30,31). The number of nitrogens with one attached hydrogen (secondary N) is 2. The van der Waals surface area contributed by atoms with Crippen LogP contribution in [0.1, 0.15) is 10.4 Å². The summed E-state index contributed by atoms with van der Waals surface area (Å²) in [4.78, 5) is 29.7. The van der Waals surface area contributed by atoms with Gasteiger partial charge in [-0.15, -0.1) is 13.2 Å². The predicted molar refractivity (Wildman–Crippen MR) is 118 cm³/mol. The first-order valence-electron chi connectivity index (χ1n) is 9.59. The van der Waals surface area contributed by atoms with E-state index in [0.717, 1.165) is 17.4 Å². The molecule has 0 aliphatic carbocycles. The Morgan fingerprint density at radius 2 is 2.03 bits per heavy atom. The lowest BCUT2D eigenvalue weighted by atomic mass is 10.1. The fourth-order valence-electron chi connectivity index (χ4n) is 3.77. The Bertz CT molecular complexity index is 1280. The van der Waals surface area contributed by atoms with E-state index in [-0.39, 0.29) is 10.7 Å². The van der Waals surface area contributed by atoms with Gasteiger partial charge in [0.15, 0.2) is 11.2 Å². The number of hydrogen-bond donors (Lipinski definition) is 4. The highest BCUT2D eigenvalue weighted by Crippen LogP contribution is 2.43. The Hall–Kier alpha value is -3.78. The smallest absolute Gasteiger partial charge is 0.478 e. The first-order valence-corrected chi connectivity index (χ1v) is 10.4. The van der Waals surface area contributed by atoms with Gasteiger partial charge in [-0.1, -0.05) is 11.3 Å². The summed E-state index contributed by atoms with van der Waals surface area (Å²) in [5, 5.41) is 15.7. The average molecular weight is 497 g/mol. The van der Waals surface area contributed by atoms with Crippen LogP contribution >= 0.6 is 11.3 Å². The van der Waals surface area contributed by atoms with Crippen LogP contribution in [0.4, 0.5) is 29.7 Å². The maximum Gasteiger partial charge on any atom is 0.573 e. The molecule has 2 unspecified atom stereocenters. The minimum atomic E-state index is -4.84. The SMILES string of the molecule is COC(C(N)=O)C1(Nc2nc3ccc(OC(F)(F)F)cc3s2)Nc2cc(C(=O)O)ccc2N1C. The van der Waals surface area contributed by atoms with E-state index in [1.54, 1.807) is 18.0 Å². The number of alkyl halides is 3.